The lowest BCUT2D eigenvalue weighted by Gasteiger charge is -2.27. The van der Waals surface area contributed by atoms with Crippen LogP contribution in [0.25, 0.3) is 0 Å². The van der Waals surface area contributed by atoms with Crippen LogP contribution in [-0.2, 0) is 9.59 Å². The predicted octanol–water partition coefficient (Wildman–Crippen LogP) is -0.673. The summed E-state index contributed by atoms with van der Waals surface area (Å²) < 4.78 is 0. The van der Waals surface area contributed by atoms with Crippen molar-refractivity contribution in [3.8, 4) is 0 Å². The van der Waals surface area contributed by atoms with E-state index in [0.29, 0.717) is 0 Å². The number of carboxylic acids is 2. The van der Waals surface area contributed by atoms with E-state index in [4.69, 9.17) is 15.3 Å². The Balaban J connectivity index is 4.65. The molecule has 0 aliphatic rings. The number of nitrogens with one attached hydrogen (secondary N) is 1. The SMILES string of the molecule is CC(C)N(CCO)C(=O)N[C@@H](CC(=O)O)C(=O)O. The van der Waals surface area contributed by atoms with Crippen molar-refractivity contribution in [1.82, 2.24) is 10.2 Å². The van der Waals surface area contributed by atoms with Crippen LogP contribution in [0.3, 0.4) is 0 Å². The van der Waals surface area contributed by atoms with E-state index < -0.39 is 30.4 Å². The first-order valence-corrected chi connectivity index (χ1v) is 5.42. The second kappa shape index (κ2) is 7.49. The molecule has 0 aromatic carbocycles. The Bertz CT molecular complexity index is 317. The Morgan fingerprint density at radius 2 is 1.78 bits per heavy atom. The lowest BCUT2D eigenvalue weighted by atomic mass is 10.2. The van der Waals surface area contributed by atoms with Crippen LogP contribution in [0.15, 0.2) is 0 Å². The lowest BCUT2D eigenvalue weighted by Crippen LogP contribution is -2.51. The molecule has 0 aromatic rings. The van der Waals surface area contributed by atoms with E-state index >= 15 is 0 Å². The summed E-state index contributed by atoms with van der Waals surface area (Å²) in [6, 6.07) is -2.45. The third kappa shape index (κ3) is 5.48. The molecule has 0 spiro atoms. The molecule has 0 rings (SSSR count). The second-order valence-corrected chi connectivity index (χ2v) is 3.95. The fraction of sp³-hybridized carbons (Fsp3) is 0.700. The van der Waals surface area contributed by atoms with Gasteiger partial charge in [-0.3, -0.25) is 4.79 Å². The molecule has 0 heterocycles. The highest BCUT2D eigenvalue weighted by molar-refractivity contribution is 5.86. The van der Waals surface area contributed by atoms with Gasteiger partial charge in [-0.25, -0.2) is 9.59 Å². The zero-order chi connectivity index (χ0) is 14.3. The molecular weight excluding hydrogens is 244 g/mol. The van der Waals surface area contributed by atoms with Crippen LogP contribution < -0.4 is 5.32 Å². The summed E-state index contributed by atoms with van der Waals surface area (Å²) in [5, 5.41) is 28.2. The summed E-state index contributed by atoms with van der Waals surface area (Å²) in [5.74, 6) is -2.74. The molecule has 8 heteroatoms. The number of carboxylic acid groups (broad SMARTS) is 2. The van der Waals surface area contributed by atoms with Crippen LogP contribution >= 0.6 is 0 Å². The molecule has 104 valence electrons. The molecule has 0 saturated carbocycles. The summed E-state index contributed by atoms with van der Waals surface area (Å²) >= 11 is 0. The Labute approximate surface area is 104 Å². The number of amides is 2. The molecule has 0 saturated heterocycles. The molecule has 0 radical (unpaired) electrons. The minimum Gasteiger partial charge on any atom is -0.481 e. The smallest absolute Gasteiger partial charge is 0.326 e. The first kappa shape index (κ1) is 16.2. The molecule has 1 atom stereocenters. The van der Waals surface area contributed by atoms with Crippen molar-refractivity contribution in [2.45, 2.75) is 32.4 Å². The van der Waals surface area contributed by atoms with Gasteiger partial charge >= 0.3 is 18.0 Å². The van der Waals surface area contributed by atoms with Gasteiger partial charge in [0.2, 0.25) is 0 Å². The Hall–Kier alpha value is -1.83. The number of hydrogen-bond acceptors (Lipinski definition) is 4. The molecule has 0 aromatic heterocycles. The molecule has 8 nitrogen and oxygen atoms in total. The van der Waals surface area contributed by atoms with Crippen molar-refractivity contribution in [2.24, 2.45) is 0 Å². The molecule has 2 amide bonds. The maximum atomic E-state index is 11.7. The molecule has 18 heavy (non-hydrogen) atoms. The molecule has 0 unspecified atom stereocenters. The average Bonchev–Trinajstić information content (AvgIpc) is 2.23. The number of rotatable bonds is 7. The monoisotopic (exact) mass is 262 g/mol. The van der Waals surface area contributed by atoms with Gasteiger partial charge < -0.3 is 25.5 Å². The van der Waals surface area contributed by atoms with E-state index in [1.165, 1.54) is 4.90 Å². The lowest BCUT2D eigenvalue weighted by molar-refractivity contribution is -0.145. The number of urea groups is 1. The third-order valence-corrected chi connectivity index (χ3v) is 2.20. The van der Waals surface area contributed by atoms with E-state index in [2.05, 4.69) is 5.32 Å². The topological polar surface area (TPSA) is 127 Å². The zero-order valence-electron chi connectivity index (χ0n) is 10.3. The largest absolute Gasteiger partial charge is 0.481 e. The van der Waals surface area contributed by atoms with Crippen LogP contribution in [0, 0.1) is 0 Å². The Morgan fingerprint density at radius 3 is 2.11 bits per heavy atom. The van der Waals surface area contributed by atoms with Crippen molar-refractivity contribution in [1.29, 1.82) is 0 Å². The standard InChI is InChI=1S/C10H18N2O6/c1-6(2)12(3-4-13)10(18)11-7(9(16)17)5-8(14)15/h6-7,13H,3-5H2,1-2H3,(H,11,18)(H,14,15)(H,16,17)/t7-/m0/s1. The van der Waals surface area contributed by atoms with Crippen molar-refractivity contribution < 1.29 is 29.7 Å². The van der Waals surface area contributed by atoms with Gasteiger partial charge in [0.05, 0.1) is 13.0 Å². The van der Waals surface area contributed by atoms with Crippen LogP contribution in [0.1, 0.15) is 20.3 Å². The summed E-state index contributed by atoms with van der Waals surface area (Å²) in [5.41, 5.74) is 0. The highest BCUT2D eigenvalue weighted by Crippen LogP contribution is 2.01. The Morgan fingerprint density at radius 1 is 1.22 bits per heavy atom. The van der Waals surface area contributed by atoms with E-state index in [1.54, 1.807) is 13.8 Å². The number of aliphatic hydroxyl groups is 1. The molecule has 0 fully saturated rings. The highest BCUT2D eigenvalue weighted by Gasteiger charge is 2.26. The number of aliphatic hydroxyl groups excluding tert-OH is 1. The number of hydrogen-bond donors (Lipinski definition) is 4. The van der Waals surface area contributed by atoms with Crippen molar-refractivity contribution in [3.63, 3.8) is 0 Å². The number of carbonyl (C=O) groups is 3. The summed E-state index contributed by atoms with van der Waals surface area (Å²) in [4.78, 5) is 34.2. The maximum Gasteiger partial charge on any atom is 0.326 e. The number of carbonyl (C=O) groups excluding carboxylic acids is 1. The van der Waals surface area contributed by atoms with Gasteiger partial charge in [0.1, 0.15) is 6.04 Å². The Kier molecular flexibility index (Phi) is 6.73. The molecule has 0 bridgehead atoms. The third-order valence-electron chi connectivity index (χ3n) is 2.20. The van der Waals surface area contributed by atoms with Gasteiger partial charge in [0, 0.05) is 12.6 Å². The van der Waals surface area contributed by atoms with Gasteiger partial charge in [0.25, 0.3) is 0 Å². The van der Waals surface area contributed by atoms with Gasteiger partial charge in [-0.2, -0.15) is 0 Å². The van der Waals surface area contributed by atoms with E-state index in [0.717, 1.165) is 0 Å². The summed E-state index contributed by atoms with van der Waals surface area (Å²) in [7, 11) is 0. The number of aliphatic carboxylic acids is 2. The van der Waals surface area contributed by atoms with E-state index in [9.17, 15) is 14.4 Å². The first-order valence-electron chi connectivity index (χ1n) is 5.42. The van der Waals surface area contributed by atoms with Gasteiger partial charge in [-0.05, 0) is 13.8 Å². The number of nitrogens with zero attached hydrogens (tertiary/aromatic N) is 1. The fourth-order valence-corrected chi connectivity index (χ4v) is 1.31. The maximum absolute atomic E-state index is 11.7. The normalized spacial score (nSPS) is 12.0. The molecule has 4 N–H and O–H groups in total. The quantitative estimate of drug-likeness (QED) is 0.481. The van der Waals surface area contributed by atoms with Crippen molar-refractivity contribution in [3.05, 3.63) is 0 Å². The predicted molar refractivity (Wildman–Crippen MR) is 61.1 cm³/mol. The van der Waals surface area contributed by atoms with Crippen LogP contribution in [0.2, 0.25) is 0 Å². The first-order chi connectivity index (χ1) is 8.29. The second-order valence-electron chi connectivity index (χ2n) is 3.95. The van der Waals surface area contributed by atoms with Crippen molar-refractivity contribution in [2.75, 3.05) is 13.2 Å². The summed E-state index contributed by atoms with van der Waals surface area (Å²) in [6.07, 6.45) is -0.702. The molecule has 0 aliphatic heterocycles. The highest BCUT2D eigenvalue weighted by atomic mass is 16.4. The van der Waals surface area contributed by atoms with Gasteiger partial charge in [-0.1, -0.05) is 0 Å². The minimum atomic E-state index is -1.49. The van der Waals surface area contributed by atoms with Crippen molar-refractivity contribution >= 4 is 18.0 Å². The van der Waals surface area contributed by atoms with Crippen LogP contribution in [-0.4, -0.2) is 63.4 Å². The summed E-state index contributed by atoms with van der Waals surface area (Å²) in [6.45, 7) is 3.18. The van der Waals surface area contributed by atoms with Gasteiger partial charge in [0.15, 0.2) is 0 Å². The minimum absolute atomic E-state index is 0.0446. The fourth-order valence-electron chi connectivity index (χ4n) is 1.31. The molecular formula is C10H18N2O6. The van der Waals surface area contributed by atoms with E-state index in [-0.39, 0.29) is 19.2 Å². The average molecular weight is 262 g/mol. The van der Waals surface area contributed by atoms with Crippen LogP contribution in [0.4, 0.5) is 4.79 Å². The molecule has 0 aliphatic carbocycles. The van der Waals surface area contributed by atoms with E-state index in [1.807, 2.05) is 0 Å². The zero-order valence-corrected chi connectivity index (χ0v) is 10.3. The van der Waals surface area contributed by atoms with Gasteiger partial charge in [-0.15, -0.1) is 0 Å². The van der Waals surface area contributed by atoms with Crippen LogP contribution in [0.5, 0.6) is 0 Å².